The molecule has 1 rings (SSSR count). The first-order valence-corrected chi connectivity index (χ1v) is 6.22. The van der Waals surface area contributed by atoms with Crippen molar-refractivity contribution in [3.8, 4) is 0 Å². The van der Waals surface area contributed by atoms with E-state index in [0.29, 0.717) is 18.5 Å². The van der Waals surface area contributed by atoms with Crippen molar-refractivity contribution in [2.75, 3.05) is 0 Å². The second-order valence-electron chi connectivity index (χ2n) is 4.51. The number of aromatic amines is 1. The molecule has 19 heavy (non-hydrogen) atoms. The van der Waals surface area contributed by atoms with Crippen LogP contribution in [0.2, 0.25) is 0 Å². The molecule has 1 aromatic heterocycles. The molecule has 0 aliphatic heterocycles. The molecule has 1 aromatic rings. The Hall–Kier alpha value is -1.89. The first-order valence-electron chi connectivity index (χ1n) is 6.22. The van der Waals surface area contributed by atoms with E-state index >= 15 is 0 Å². The maximum Gasteiger partial charge on any atom is 0.326 e. The number of nitrogens with one attached hydrogen (secondary N) is 2. The SMILES string of the molecule is CCC(N)(CC)C(=O)NC(Cc1cnc[nH]1)C(=O)O. The lowest BCUT2D eigenvalue weighted by atomic mass is 9.92. The average molecular weight is 268 g/mol. The molecule has 0 aliphatic rings. The number of carboxylic acids is 1. The highest BCUT2D eigenvalue weighted by atomic mass is 16.4. The molecule has 5 N–H and O–H groups in total. The molecule has 0 bridgehead atoms. The van der Waals surface area contributed by atoms with Crippen LogP contribution in [0.4, 0.5) is 0 Å². The number of amides is 1. The third kappa shape index (κ3) is 3.78. The number of H-pyrrole nitrogens is 1. The van der Waals surface area contributed by atoms with Crippen molar-refractivity contribution >= 4 is 11.9 Å². The lowest BCUT2D eigenvalue weighted by Gasteiger charge is -2.27. The van der Waals surface area contributed by atoms with E-state index in [1.165, 1.54) is 12.5 Å². The number of aliphatic carboxylic acids is 1. The average Bonchev–Trinajstić information content (AvgIpc) is 2.89. The first-order chi connectivity index (χ1) is 8.92. The fourth-order valence-electron chi connectivity index (χ4n) is 1.69. The van der Waals surface area contributed by atoms with Crippen LogP contribution in [0.15, 0.2) is 12.5 Å². The molecule has 0 aromatic carbocycles. The van der Waals surface area contributed by atoms with E-state index < -0.39 is 23.5 Å². The number of carboxylic acid groups (broad SMARTS) is 1. The Balaban J connectivity index is 2.74. The highest BCUT2D eigenvalue weighted by Gasteiger charge is 2.33. The molecule has 0 saturated heterocycles. The van der Waals surface area contributed by atoms with Gasteiger partial charge in [0.2, 0.25) is 5.91 Å². The van der Waals surface area contributed by atoms with Crippen LogP contribution in [0.1, 0.15) is 32.4 Å². The molecule has 0 aliphatic carbocycles. The van der Waals surface area contributed by atoms with Crippen molar-refractivity contribution in [3.63, 3.8) is 0 Å². The van der Waals surface area contributed by atoms with Crippen molar-refractivity contribution in [2.45, 2.75) is 44.7 Å². The number of rotatable bonds is 7. The van der Waals surface area contributed by atoms with Gasteiger partial charge in [-0.25, -0.2) is 9.78 Å². The highest BCUT2D eigenvalue weighted by molar-refractivity contribution is 5.89. The van der Waals surface area contributed by atoms with Gasteiger partial charge in [0.1, 0.15) is 6.04 Å². The van der Waals surface area contributed by atoms with E-state index in [1.54, 1.807) is 13.8 Å². The van der Waals surface area contributed by atoms with Crippen LogP contribution in [0.3, 0.4) is 0 Å². The number of nitrogens with two attached hydrogens (primary N) is 1. The first kappa shape index (κ1) is 15.2. The van der Waals surface area contributed by atoms with Crippen LogP contribution in [-0.2, 0) is 16.0 Å². The molecular weight excluding hydrogens is 248 g/mol. The van der Waals surface area contributed by atoms with Crippen molar-refractivity contribution in [1.82, 2.24) is 15.3 Å². The van der Waals surface area contributed by atoms with Gasteiger partial charge in [-0.1, -0.05) is 13.8 Å². The van der Waals surface area contributed by atoms with Gasteiger partial charge in [0, 0.05) is 18.3 Å². The summed E-state index contributed by atoms with van der Waals surface area (Å²) in [6.07, 6.45) is 4.03. The molecule has 0 spiro atoms. The van der Waals surface area contributed by atoms with E-state index in [4.69, 9.17) is 10.8 Å². The van der Waals surface area contributed by atoms with Gasteiger partial charge < -0.3 is 21.1 Å². The number of carbonyl (C=O) groups is 2. The van der Waals surface area contributed by atoms with Gasteiger partial charge in [0.15, 0.2) is 0 Å². The van der Waals surface area contributed by atoms with Crippen molar-refractivity contribution in [2.24, 2.45) is 5.73 Å². The maximum atomic E-state index is 12.0. The Morgan fingerprint density at radius 2 is 2.16 bits per heavy atom. The van der Waals surface area contributed by atoms with Crippen molar-refractivity contribution in [3.05, 3.63) is 18.2 Å². The van der Waals surface area contributed by atoms with Crippen LogP contribution in [0, 0.1) is 0 Å². The van der Waals surface area contributed by atoms with E-state index in [2.05, 4.69) is 15.3 Å². The Morgan fingerprint density at radius 3 is 2.58 bits per heavy atom. The minimum absolute atomic E-state index is 0.143. The molecule has 0 fully saturated rings. The predicted molar refractivity (Wildman–Crippen MR) is 69.4 cm³/mol. The zero-order valence-electron chi connectivity index (χ0n) is 11.1. The minimum Gasteiger partial charge on any atom is -0.480 e. The van der Waals surface area contributed by atoms with Gasteiger partial charge in [-0.2, -0.15) is 0 Å². The second kappa shape index (κ2) is 6.33. The summed E-state index contributed by atoms with van der Waals surface area (Å²) in [7, 11) is 0. The topological polar surface area (TPSA) is 121 Å². The highest BCUT2D eigenvalue weighted by Crippen LogP contribution is 2.12. The number of aromatic nitrogens is 2. The van der Waals surface area contributed by atoms with E-state index in [9.17, 15) is 9.59 Å². The molecule has 1 atom stereocenters. The number of nitrogens with zero attached hydrogens (tertiary/aromatic N) is 1. The van der Waals surface area contributed by atoms with Crippen molar-refractivity contribution in [1.29, 1.82) is 0 Å². The van der Waals surface area contributed by atoms with Gasteiger partial charge >= 0.3 is 5.97 Å². The molecular formula is C12H20N4O3. The Kier molecular flexibility index (Phi) is 5.05. The predicted octanol–water partition coefficient (Wildman–Crippen LogP) is 0.0391. The smallest absolute Gasteiger partial charge is 0.326 e. The van der Waals surface area contributed by atoms with E-state index in [1.807, 2.05) is 0 Å². The molecule has 1 unspecified atom stereocenters. The summed E-state index contributed by atoms with van der Waals surface area (Å²) in [6.45, 7) is 3.60. The normalized spacial score (nSPS) is 13.0. The lowest BCUT2D eigenvalue weighted by molar-refractivity contribution is -0.142. The molecule has 7 nitrogen and oxygen atoms in total. The van der Waals surface area contributed by atoms with Gasteiger partial charge in [-0.05, 0) is 12.8 Å². The van der Waals surface area contributed by atoms with Crippen LogP contribution < -0.4 is 11.1 Å². The molecule has 7 heteroatoms. The van der Waals surface area contributed by atoms with Crippen molar-refractivity contribution < 1.29 is 14.7 Å². The Labute approximate surface area is 111 Å². The van der Waals surface area contributed by atoms with E-state index in [-0.39, 0.29) is 6.42 Å². The number of hydrogen-bond acceptors (Lipinski definition) is 4. The maximum absolute atomic E-state index is 12.0. The number of imidazole rings is 1. The summed E-state index contributed by atoms with van der Waals surface area (Å²) < 4.78 is 0. The molecule has 0 saturated carbocycles. The summed E-state index contributed by atoms with van der Waals surface area (Å²) in [5.41, 5.74) is 5.55. The van der Waals surface area contributed by atoms with Gasteiger partial charge in [-0.15, -0.1) is 0 Å². The third-order valence-corrected chi connectivity index (χ3v) is 3.30. The second-order valence-corrected chi connectivity index (χ2v) is 4.51. The summed E-state index contributed by atoms with van der Waals surface area (Å²) >= 11 is 0. The fourth-order valence-corrected chi connectivity index (χ4v) is 1.69. The Morgan fingerprint density at radius 1 is 1.53 bits per heavy atom. The number of carbonyl (C=O) groups excluding carboxylic acids is 1. The summed E-state index contributed by atoms with van der Waals surface area (Å²) in [5, 5.41) is 11.6. The summed E-state index contributed by atoms with van der Waals surface area (Å²) in [5.74, 6) is -1.54. The number of hydrogen-bond donors (Lipinski definition) is 4. The largest absolute Gasteiger partial charge is 0.480 e. The zero-order chi connectivity index (χ0) is 14.5. The standard InChI is InChI=1S/C12H20N4O3/c1-3-12(13,4-2)11(19)16-9(10(17)18)5-8-6-14-7-15-8/h6-7,9H,3-5,13H2,1-2H3,(H,14,15)(H,16,19)(H,17,18). The Bertz CT molecular complexity index is 426. The van der Waals surface area contributed by atoms with E-state index in [0.717, 1.165) is 0 Å². The molecule has 1 amide bonds. The summed E-state index contributed by atoms with van der Waals surface area (Å²) in [6, 6.07) is -1.02. The van der Waals surface area contributed by atoms with Gasteiger partial charge in [-0.3, -0.25) is 4.79 Å². The van der Waals surface area contributed by atoms with Crippen LogP contribution in [-0.4, -0.2) is 38.5 Å². The quantitative estimate of drug-likeness (QED) is 0.556. The fraction of sp³-hybridized carbons (Fsp3) is 0.583. The molecule has 106 valence electrons. The zero-order valence-corrected chi connectivity index (χ0v) is 11.1. The molecule has 0 radical (unpaired) electrons. The summed E-state index contributed by atoms with van der Waals surface area (Å²) in [4.78, 5) is 29.8. The van der Waals surface area contributed by atoms with Crippen LogP contribution >= 0.6 is 0 Å². The van der Waals surface area contributed by atoms with Crippen LogP contribution in [0.5, 0.6) is 0 Å². The lowest BCUT2D eigenvalue weighted by Crippen LogP contribution is -2.57. The van der Waals surface area contributed by atoms with Crippen LogP contribution in [0.25, 0.3) is 0 Å². The van der Waals surface area contributed by atoms with Gasteiger partial charge in [0.25, 0.3) is 0 Å². The third-order valence-electron chi connectivity index (χ3n) is 3.30. The minimum atomic E-state index is -1.10. The molecule has 1 heterocycles. The van der Waals surface area contributed by atoms with Gasteiger partial charge in [0.05, 0.1) is 11.9 Å². The monoisotopic (exact) mass is 268 g/mol.